The molecule has 1 aliphatic rings. The quantitative estimate of drug-likeness (QED) is 0.840. The van der Waals surface area contributed by atoms with E-state index in [-0.39, 0.29) is 23.7 Å². The predicted octanol–water partition coefficient (Wildman–Crippen LogP) is 4.69. The fourth-order valence-corrected chi connectivity index (χ4v) is 3.67. The van der Waals surface area contributed by atoms with Crippen molar-refractivity contribution < 1.29 is 9.59 Å². The molecule has 4 nitrogen and oxygen atoms in total. The summed E-state index contributed by atoms with van der Waals surface area (Å²) in [5.74, 6) is -0.678. The third-order valence-corrected chi connectivity index (χ3v) is 5.01. The number of nitrogens with one attached hydrogen (secondary N) is 2. The van der Waals surface area contributed by atoms with Crippen molar-refractivity contribution in [3.05, 3.63) is 59.7 Å². The molecule has 136 valence electrons. The monoisotopic (exact) mass is 350 g/mol. The van der Waals surface area contributed by atoms with Crippen LogP contribution in [0.2, 0.25) is 0 Å². The van der Waals surface area contributed by atoms with Gasteiger partial charge in [0.1, 0.15) is 0 Å². The van der Waals surface area contributed by atoms with E-state index < -0.39 is 0 Å². The zero-order chi connectivity index (χ0) is 18.5. The maximum atomic E-state index is 12.8. The number of carbonyl (C=O) groups is 2. The molecule has 2 aromatic carbocycles. The standard InChI is InChI=1S/C22H26N2O2/c1-15-7-5-9-17(13-15)23-21(25)19-11-3-4-12-20(19)22(26)24-18-10-6-8-16(2)14-18/h5-10,13-14,19-20H,3-4,11-12H2,1-2H3,(H,23,25)(H,24,26). The third-order valence-electron chi connectivity index (χ3n) is 5.01. The molecule has 2 unspecified atom stereocenters. The summed E-state index contributed by atoms with van der Waals surface area (Å²) in [5, 5.41) is 5.98. The van der Waals surface area contributed by atoms with E-state index >= 15 is 0 Å². The smallest absolute Gasteiger partial charge is 0.228 e. The first-order valence-corrected chi connectivity index (χ1v) is 9.28. The second kappa shape index (κ2) is 8.17. The van der Waals surface area contributed by atoms with E-state index in [2.05, 4.69) is 10.6 Å². The first kappa shape index (κ1) is 18.2. The van der Waals surface area contributed by atoms with Crippen LogP contribution in [0.1, 0.15) is 36.8 Å². The lowest BCUT2D eigenvalue weighted by Crippen LogP contribution is -2.38. The number of carbonyl (C=O) groups excluding carboxylic acids is 2. The molecular weight excluding hydrogens is 324 g/mol. The van der Waals surface area contributed by atoms with Gasteiger partial charge in [-0.3, -0.25) is 9.59 Å². The topological polar surface area (TPSA) is 58.2 Å². The Hall–Kier alpha value is -2.62. The van der Waals surface area contributed by atoms with Gasteiger partial charge in [0.2, 0.25) is 11.8 Å². The lowest BCUT2D eigenvalue weighted by molar-refractivity contribution is -0.130. The van der Waals surface area contributed by atoms with Gasteiger partial charge in [-0.05, 0) is 62.1 Å². The van der Waals surface area contributed by atoms with E-state index in [1.165, 1.54) is 0 Å². The summed E-state index contributed by atoms with van der Waals surface area (Å²) in [6.07, 6.45) is 3.48. The number of aryl methyl sites for hydroxylation is 2. The van der Waals surface area contributed by atoms with Crippen molar-refractivity contribution in [3.63, 3.8) is 0 Å². The zero-order valence-corrected chi connectivity index (χ0v) is 15.4. The van der Waals surface area contributed by atoms with E-state index in [1.54, 1.807) is 0 Å². The summed E-state index contributed by atoms with van der Waals surface area (Å²) in [6, 6.07) is 15.5. The highest BCUT2D eigenvalue weighted by Gasteiger charge is 2.35. The Bertz CT molecular complexity index is 733. The molecule has 3 rings (SSSR count). The van der Waals surface area contributed by atoms with Crippen LogP contribution in [-0.2, 0) is 9.59 Å². The number of rotatable bonds is 4. The van der Waals surface area contributed by atoms with Gasteiger partial charge >= 0.3 is 0 Å². The SMILES string of the molecule is Cc1cccc(NC(=O)C2CCCCC2C(=O)Nc2cccc(C)c2)c1. The minimum Gasteiger partial charge on any atom is -0.326 e. The molecule has 0 spiro atoms. The molecule has 0 bridgehead atoms. The van der Waals surface area contributed by atoms with Crippen LogP contribution < -0.4 is 10.6 Å². The van der Waals surface area contributed by atoms with Crippen LogP contribution in [0.3, 0.4) is 0 Å². The highest BCUT2D eigenvalue weighted by molar-refractivity contribution is 5.99. The van der Waals surface area contributed by atoms with Gasteiger partial charge < -0.3 is 10.6 Å². The van der Waals surface area contributed by atoms with Gasteiger partial charge in [0, 0.05) is 23.2 Å². The Morgan fingerprint density at radius 2 is 1.19 bits per heavy atom. The van der Waals surface area contributed by atoms with Crippen LogP contribution in [0.15, 0.2) is 48.5 Å². The van der Waals surface area contributed by atoms with Gasteiger partial charge in [-0.15, -0.1) is 0 Å². The Balaban J connectivity index is 1.70. The van der Waals surface area contributed by atoms with Crippen molar-refractivity contribution >= 4 is 23.2 Å². The molecule has 0 saturated heterocycles. The first-order valence-electron chi connectivity index (χ1n) is 9.28. The molecule has 26 heavy (non-hydrogen) atoms. The van der Waals surface area contributed by atoms with E-state index in [1.807, 2.05) is 62.4 Å². The number of hydrogen-bond donors (Lipinski definition) is 2. The van der Waals surface area contributed by atoms with Crippen LogP contribution >= 0.6 is 0 Å². The van der Waals surface area contributed by atoms with Crippen molar-refractivity contribution in [2.24, 2.45) is 11.8 Å². The van der Waals surface area contributed by atoms with Gasteiger partial charge in [0.25, 0.3) is 0 Å². The fourth-order valence-electron chi connectivity index (χ4n) is 3.67. The van der Waals surface area contributed by atoms with Crippen molar-refractivity contribution in [3.8, 4) is 0 Å². The maximum Gasteiger partial charge on any atom is 0.228 e. The summed E-state index contributed by atoms with van der Waals surface area (Å²) in [6.45, 7) is 3.99. The minimum absolute atomic E-state index is 0.0558. The maximum absolute atomic E-state index is 12.8. The lowest BCUT2D eigenvalue weighted by atomic mass is 9.78. The number of amides is 2. The van der Waals surface area contributed by atoms with Gasteiger partial charge in [-0.2, -0.15) is 0 Å². The van der Waals surface area contributed by atoms with E-state index in [4.69, 9.17) is 0 Å². The van der Waals surface area contributed by atoms with Crippen molar-refractivity contribution in [1.29, 1.82) is 0 Å². The summed E-state index contributed by atoms with van der Waals surface area (Å²) in [7, 11) is 0. The molecular formula is C22H26N2O2. The second-order valence-corrected chi connectivity index (χ2v) is 7.21. The van der Waals surface area contributed by atoms with Crippen LogP contribution in [0, 0.1) is 25.7 Å². The second-order valence-electron chi connectivity index (χ2n) is 7.21. The van der Waals surface area contributed by atoms with Crippen LogP contribution in [0.25, 0.3) is 0 Å². The summed E-state index contributed by atoms with van der Waals surface area (Å²) < 4.78 is 0. The number of anilines is 2. The predicted molar refractivity (Wildman–Crippen MR) is 105 cm³/mol. The average Bonchev–Trinajstić information content (AvgIpc) is 2.61. The van der Waals surface area contributed by atoms with Gasteiger partial charge in [0.15, 0.2) is 0 Å². The van der Waals surface area contributed by atoms with Crippen LogP contribution in [0.5, 0.6) is 0 Å². The van der Waals surface area contributed by atoms with Crippen molar-refractivity contribution in [2.45, 2.75) is 39.5 Å². The van der Waals surface area contributed by atoms with Crippen molar-refractivity contribution in [2.75, 3.05) is 10.6 Å². The molecule has 2 N–H and O–H groups in total. The first-order chi connectivity index (χ1) is 12.5. The van der Waals surface area contributed by atoms with E-state index in [9.17, 15) is 9.59 Å². The number of benzene rings is 2. The van der Waals surface area contributed by atoms with Gasteiger partial charge in [-0.25, -0.2) is 0 Å². The molecule has 0 heterocycles. The molecule has 1 fully saturated rings. The summed E-state index contributed by atoms with van der Waals surface area (Å²) in [5.41, 5.74) is 3.78. The Morgan fingerprint density at radius 3 is 1.58 bits per heavy atom. The Kier molecular flexibility index (Phi) is 5.71. The molecule has 0 aliphatic heterocycles. The van der Waals surface area contributed by atoms with E-state index in [0.717, 1.165) is 48.2 Å². The largest absolute Gasteiger partial charge is 0.326 e. The minimum atomic E-state index is -0.283. The normalized spacial score (nSPS) is 19.6. The zero-order valence-electron chi connectivity index (χ0n) is 15.4. The molecule has 2 atom stereocenters. The molecule has 2 aromatic rings. The van der Waals surface area contributed by atoms with Crippen LogP contribution in [-0.4, -0.2) is 11.8 Å². The van der Waals surface area contributed by atoms with Gasteiger partial charge in [0.05, 0.1) is 0 Å². The van der Waals surface area contributed by atoms with E-state index in [0.29, 0.717) is 0 Å². The van der Waals surface area contributed by atoms with Gasteiger partial charge in [-0.1, -0.05) is 37.1 Å². The fraction of sp³-hybridized carbons (Fsp3) is 0.364. The molecule has 4 heteroatoms. The molecule has 0 radical (unpaired) electrons. The highest BCUT2D eigenvalue weighted by Crippen LogP contribution is 2.32. The lowest BCUT2D eigenvalue weighted by Gasteiger charge is -2.29. The Morgan fingerprint density at radius 1 is 0.769 bits per heavy atom. The highest BCUT2D eigenvalue weighted by atomic mass is 16.2. The molecule has 2 amide bonds. The third kappa shape index (κ3) is 4.51. The van der Waals surface area contributed by atoms with Crippen LogP contribution in [0.4, 0.5) is 11.4 Å². The molecule has 0 aromatic heterocycles. The average molecular weight is 350 g/mol. The molecule has 1 saturated carbocycles. The van der Waals surface area contributed by atoms with Crippen molar-refractivity contribution in [1.82, 2.24) is 0 Å². The Labute approximate surface area is 155 Å². The summed E-state index contributed by atoms with van der Waals surface area (Å²) >= 11 is 0. The summed E-state index contributed by atoms with van der Waals surface area (Å²) in [4.78, 5) is 25.6. The number of hydrogen-bond acceptors (Lipinski definition) is 2. The molecule has 1 aliphatic carbocycles.